The van der Waals surface area contributed by atoms with Crippen molar-refractivity contribution in [3.63, 3.8) is 0 Å². The maximum absolute atomic E-state index is 11.1. The van der Waals surface area contributed by atoms with Gasteiger partial charge >= 0.3 is 5.97 Å². The average Bonchev–Trinajstić information content (AvgIpc) is 2.25. The first-order chi connectivity index (χ1) is 8.06. The van der Waals surface area contributed by atoms with Crippen LogP contribution in [0.2, 0.25) is 10.0 Å². The Labute approximate surface area is 109 Å². The normalized spacial score (nSPS) is 12.4. The second-order valence-electron chi connectivity index (χ2n) is 3.33. The third kappa shape index (κ3) is 4.16. The smallest absolute Gasteiger partial charge is 0.337 e. The van der Waals surface area contributed by atoms with E-state index in [1.807, 2.05) is 0 Å². The zero-order valence-corrected chi connectivity index (χ0v) is 10.4. The fourth-order valence-corrected chi connectivity index (χ4v) is 1.78. The van der Waals surface area contributed by atoms with Gasteiger partial charge in [-0.3, -0.25) is 0 Å². The lowest BCUT2D eigenvalue weighted by Gasteiger charge is -2.15. The van der Waals surface area contributed by atoms with Gasteiger partial charge in [-0.2, -0.15) is 0 Å². The molecular weight excluding hydrogens is 267 g/mol. The number of carboxylic acid groups (broad SMARTS) is 1. The Morgan fingerprint density at radius 2 is 2.12 bits per heavy atom. The molecule has 1 aromatic carbocycles. The minimum absolute atomic E-state index is 0.0549. The van der Waals surface area contributed by atoms with Gasteiger partial charge in [-0.1, -0.05) is 29.3 Å². The van der Waals surface area contributed by atoms with Crippen LogP contribution in [0.25, 0.3) is 0 Å². The van der Waals surface area contributed by atoms with E-state index >= 15 is 0 Å². The Bertz CT molecular complexity index is 395. The van der Waals surface area contributed by atoms with Crippen molar-refractivity contribution in [2.24, 2.45) is 0 Å². The summed E-state index contributed by atoms with van der Waals surface area (Å²) < 4.78 is 5.16. The minimum Gasteiger partial charge on any atom is -0.479 e. The predicted molar refractivity (Wildman–Crippen MR) is 64.5 cm³/mol. The molecule has 0 amide bonds. The molecule has 0 heterocycles. The Morgan fingerprint density at radius 3 is 2.65 bits per heavy atom. The van der Waals surface area contributed by atoms with Crippen molar-refractivity contribution in [3.05, 3.63) is 33.8 Å². The summed E-state index contributed by atoms with van der Waals surface area (Å²) in [5.74, 6) is -1.13. The monoisotopic (exact) mass is 278 g/mol. The van der Waals surface area contributed by atoms with E-state index in [2.05, 4.69) is 0 Å². The largest absolute Gasteiger partial charge is 0.479 e. The number of hydrogen-bond acceptors (Lipinski definition) is 3. The van der Waals surface area contributed by atoms with E-state index in [0.717, 1.165) is 0 Å². The molecule has 0 spiro atoms. The quantitative estimate of drug-likeness (QED) is 0.785. The van der Waals surface area contributed by atoms with Crippen molar-refractivity contribution in [2.45, 2.75) is 12.5 Å². The van der Waals surface area contributed by atoms with E-state index in [9.17, 15) is 4.79 Å². The highest BCUT2D eigenvalue weighted by Crippen LogP contribution is 2.28. The highest BCUT2D eigenvalue weighted by molar-refractivity contribution is 6.35. The molecule has 94 valence electrons. The standard InChI is InChI=1S/C11H12Cl2O4/c12-7-2-3-8(9(13)6-7)10(11(15)16)17-5-1-4-14/h2-3,6,10,14H,1,4-5H2,(H,15,16). The molecule has 6 heteroatoms. The van der Waals surface area contributed by atoms with Gasteiger partial charge in [-0.25, -0.2) is 4.79 Å². The third-order valence-electron chi connectivity index (χ3n) is 2.06. The summed E-state index contributed by atoms with van der Waals surface area (Å²) in [4.78, 5) is 11.1. The summed E-state index contributed by atoms with van der Waals surface area (Å²) >= 11 is 11.6. The van der Waals surface area contributed by atoms with E-state index in [1.54, 1.807) is 6.07 Å². The van der Waals surface area contributed by atoms with Crippen LogP contribution >= 0.6 is 23.2 Å². The molecule has 1 rings (SSSR count). The molecule has 0 aliphatic rings. The van der Waals surface area contributed by atoms with Crippen LogP contribution in [0, 0.1) is 0 Å². The van der Waals surface area contributed by atoms with Crippen LogP contribution in [-0.4, -0.2) is 29.4 Å². The summed E-state index contributed by atoms with van der Waals surface area (Å²) in [6.45, 7) is 0.0904. The van der Waals surface area contributed by atoms with Crippen molar-refractivity contribution in [3.8, 4) is 0 Å². The van der Waals surface area contributed by atoms with Crippen LogP contribution in [0.1, 0.15) is 18.1 Å². The Balaban J connectivity index is 2.86. The first-order valence-corrected chi connectivity index (χ1v) is 5.72. The number of carboxylic acids is 1. The van der Waals surface area contributed by atoms with Crippen molar-refractivity contribution < 1.29 is 19.7 Å². The minimum atomic E-state index is -1.15. The van der Waals surface area contributed by atoms with Gasteiger partial charge in [-0.05, 0) is 18.6 Å². The zero-order valence-electron chi connectivity index (χ0n) is 8.90. The molecule has 4 nitrogen and oxygen atoms in total. The van der Waals surface area contributed by atoms with E-state index in [-0.39, 0.29) is 18.2 Å². The molecule has 0 fully saturated rings. The number of carbonyl (C=O) groups is 1. The molecule has 1 unspecified atom stereocenters. The van der Waals surface area contributed by atoms with Crippen molar-refractivity contribution in [1.82, 2.24) is 0 Å². The fraction of sp³-hybridized carbons (Fsp3) is 0.364. The molecule has 1 aromatic rings. The average molecular weight is 279 g/mol. The van der Waals surface area contributed by atoms with Gasteiger partial charge < -0.3 is 14.9 Å². The summed E-state index contributed by atoms with van der Waals surface area (Å²) in [5.41, 5.74) is 0.349. The number of halogens is 2. The number of benzene rings is 1. The SMILES string of the molecule is O=C(O)C(OCCCO)c1ccc(Cl)cc1Cl. The van der Waals surface area contributed by atoms with Crippen molar-refractivity contribution >= 4 is 29.2 Å². The van der Waals surface area contributed by atoms with Gasteiger partial charge in [0.2, 0.25) is 0 Å². The second-order valence-corrected chi connectivity index (χ2v) is 4.18. The Hall–Kier alpha value is -0.810. The van der Waals surface area contributed by atoms with Crippen LogP contribution in [0.15, 0.2) is 18.2 Å². The topological polar surface area (TPSA) is 66.8 Å². The van der Waals surface area contributed by atoms with Gasteiger partial charge in [0.05, 0.1) is 6.61 Å². The molecular formula is C11H12Cl2O4. The molecule has 0 saturated carbocycles. The van der Waals surface area contributed by atoms with Crippen molar-refractivity contribution in [2.75, 3.05) is 13.2 Å². The van der Waals surface area contributed by atoms with E-state index in [0.29, 0.717) is 17.0 Å². The molecule has 2 N–H and O–H groups in total. The van der Waals surface area contributed by atoms with E-state index < -0.39 is 12.1 Å². The maximum Gasteiger partial charge on any atom is 0.337 e. The number of aliphatic hydroxyl groups is 1. The lowest BCUT2D eigenvalue weighted by atomic mass is 10.1. The molecule has 0 aromatic heterocycles. The summed E-state index contributed by atoms with van der Waals surface area (Å²) in [6, 6.07) is 4.53. The van der Waals surface area contributed by atoms with Crippen LogP contribution in [-0.2, 0) is 9.53 Å². The van der Waals surface area contributed by atoms with Gasteiger partial charge in [0.1, 0.15) is 0 Å². The van der Waals surface area contributed by atoms with Crippen LogP contribution < -0.4 is 0 Å². The molecule has 0 aliphatic heterocycles. The summed E-state index contributed by atoms with van der Waals surface area (Å²) in [7, 11) is 0. The number of rotatable bonds is 6. The number of aliphatic carboxylic acids is 1. The second kappa shape index (κ2) is 6.81. The zero-order chi connectivity index (χ0) is 12.8. The molecule has 0 aliphatic carbocycles. The van der Waals surface area contributed by atoms with Gasteiger partial charge in [0.15, 0.2) is 6.10 Å². The van der Waals surface area contributed by atoms with E-state index in [4.69, 9.17) is 38.2 Å². The highest BCUT2D eigenvalue weighted by atomic mass is 35.5. The molecule has 0 radical (unpaired) electrons. The number of ether oxygens (including phenoxy) is 1. The first kappa shape index (κ1) is 14.3. The molecule has 0 bridgehead atoms. The lowest BCUT2D eigenvalue weighted by Crippen LogP contribution is -2.17. The van der Waals surface area contributed by atoms with Gasteiger partial charge in [-0.15, -0.1) is 0 Å². The van der Waals surface area contributed by atoms with Gasteiger partial charge in [0.25, 0.3) is 0 Å². The summed E-state index contributed by atoms with van der Waals surface area (Å²) in [5, 5.41) is 18.3. The fourth-order valence-electron chi connectivity index (χ4n) is 1.27. The third-order valence-corrected chi connectivity index (χ3v) is 2.62. The Kier molecular flexibility index (Phi) is 5.71. The van der Waals surface area contributed by atoms with Crippen LogP contribution in [0.3, 0.4) is 0 Å². The van der Waals surface area contributed by atoms with Gasteiger partial charge in [0, 0.05) is 22.2 Å². The highest BCUT2D eigenvalue weighted by Gasteiger charge is 2.22. The molecule has 1 atom stereocenters. The molecule has 0 saturated heterocycles. The predicted octanol–water partition coefficient (Wildman–Crippen LogP) is 2.52. The lowest BCUT2D eigenvalue weighted by molar-refractivity contribution is -0.151. The van der Waals surface area contributed by atoms with Crippen molar-refractivity contribution in [1.29, 1.82) is 0 Å². The van der Waals surface area contributed by atoms with Crippen LogP contribution in [0.4, 0.5) is 0 Å². The molecule has 17 heavy (non-hydrogen) atoms. The van der Waals surface area contributed by atoms with Crippen LogP contribution in [0.5, 0.6) is 0 Å². The number of hydrogen-bond donors (Lipinski definition) is 2. The number of aliphatic hydroxyl groups excluding tert-OH is 1. The maximum atomic E-state index is 11.1. The Morgan fingerprint density at radius 1 is 1.41 bits per heavy atom. The first-order valence-electron chi connectivity index (χ1n) is 4.96. The summed E-state index contributed by atoms with van der Waals surface area (Å²) in [6.07, 6.45) is -0.777. The van der Waals surface area contributed by atoms with E-state index in [1.165, 1.54) is 12.1 Å².